The molecular weight excluding hydrogens is 202 g/mol. The predicted molar refractivity (Wildman–Crippen MR) is 63.8 cm³/mol. The van der Waals surface area contributed by atoms with Crippen LogP contribution in [0.3, 0.4) is 0 Å². The number of nitrogens with one attached hydrogen (secondary N) is 1. The molecule has 2 aliphatic rings. The fourth-order valence-electron chi connectivity index (χ4n) is 2.48. The normalized spacial score (nSPS) is 38.0. The summed E-state index contributed by atoms with van der Waals surface area (Å²) in [6, 6.07) is 0.554. The molecule has 0 spiro atoms. The lowest BCUT2D eigenvalue weighted by Gasteiger charge is -2.30. The van der Waals surface area contributed by atoms with Gasteiger partial charge in [-0.2, -0.15) is 10.2 Å². The smallest absolute Gasteiger partial charge is 0.0991 e. The lowest BCUT2D eigenvalue weighted by atomic mass is 9.96. The van der Waals surface area contributed by atoms with E-state index in [4.69, 9.17) is 11.5 Å². The summed E-state index contributed by atoms with van der Waals surface area (Å²) in [7, 11) is 0. The summed E-state index contributed by atoms with van der Waals surface area (Å²) in [5.74, 6) is 0. The second kappa shape index (κ2) is 5.70. The van der Waals surface area contributed by atoms with Gasteiger partial charge in [0.2, 0.25) is 0 Å². The monoisotopic (exact) mass is 225 g/mol. The van der Waals surface area contributed by atoms with Crippen molar-refractivity contribution in [3.8, 4) is 0 Å². The molecule has 2 fully saturated rings. The third-order valence-corrected chi connectivity index (χ3v) is 3.55. The highest BCUT2D eigenvalue weighted by Crippen LogP contribution is 2.21. The standard InChI is InChI=1S/C11H23N5/c12-10-7-6-9(11(13)14-10)16-15-8-4-2-1-3-5-8/h8-11,14H,1-7,12-13H2. The van der Waals surface area contributed by atoms with Crippen molar-refractivity contribution in [3.05, 3.63) is 0 Å². The van der Waals surface area contributed by atoms with Crippen molar-refractivity contribution >= 4 is 0 Å². The first-order chi connectivity index (χ1) is 7.75. The summed E-state index contributed by atoms with van der Waals surface area (Å²) in [6.07, 6.45) is 8.11. The summed E-state index contributed by atoms with van der Waals surface area (Å²) in [4.78, 5) is 0. The Labute approximate surface area is 97.1 Å². The Bertz CT molecular complexity index is 237. The molecule has 0 radical (unpaired) electrons. The number of rotatable bonds is 2. The van der Waals surface area contributed by atoms with Crippen molar-refractivity contribution in [1.82, 2.24) is 5.32 Å². The van der Waals surface area contributed by atoms with E-state index < -0.39 is 0 Å². The zero-order valence-electron chi connectivity index (χ0n) is 9.81. The zero-order chi connectivity index (χ0) is 11.4. The van der Waals surface area contributed by atoms with Crippen LogP contribution in [0.2, 0.25) is 0 Å². The van der Waals surface area contributed by atoms with Gasteiger partial charge in [-0.15, -0.1) is 0 Å². The first-order valence-electron chi connectivity index (χ1n) is 6.43. The Morgan fingerprint density at radius 1 is 0.875 bits per heavy atom. The molecule has 5 heteroatoms. The van der Waals surface area contributed by atoms with Gasteiger partial charge in [-0.1, -0.05) is 19.3 Å². The third-order valence-electron chi connectivity index (χ3n) is 3.55. The zero-order valence-corrected chi connectivity index (χ0v) is 9.81. The molecule has 0 amide bonds. The highest BCUT2D eigenvalue weighted by atomic mass is 15.2. The summed E-state index contributed by atoms with van der Waals surface area (Å²) in [6.45, 7) is 0. The van der Waals surface area contributed by atoms with Crippen molar-refractivity contribution in [1.29, 1.82) is 0 Å². The van der Waals surface area contributed by atoms with Gasteiger partial charge in [-0.3, -0.25) is 5.32 Å². The maximum atomic E-state index is 5.94. The third kappa shape index (κ3) is 3.23. The van der Waals surface area contributed by atoms with E-state index >= 15 is 0 Å². The van der Waals surface area contributed by atoms with Gasteiger partial charge in [0, 0.05) is 0 Å². The fraction of sp³-hybridized carbons (Fsp3) is 1.00. The van der Waals surface area contributed by atoms with Crippen LogP contribution in [0.1, 0.15) is 44.9 Å². The molecule has 1 saturated carbocycles. The minimum Gasteiger partial charge on any atom is -0.316 e. The van der Waals surface area contributed by atoms with Crippen LogP contribution in [-0.4, -0.2) is 24.4 Å². The van der Waals surface area contributed by atoms with E-state index in [2.05, 4.69) is 15.5 Å². The van der Waals surface area contributed by atoms with Gasteiger partial charge in [-0.05, 0) is 25.7 Å². The van der Waals surface area contributed by atoms with E-state index in [1.54, 1.807) is 0 Å². The van der Waals surface area contributed by atoms with Crippen molar-refractivity contribution in [2.75, 3.05) is 0 Å². The van der Waals surface area contributed by atoms with Gasteiger partial charge in [0.15, 0.2) is 0 Å². The second-order valence-corrected chi connectivity index (χ2v) is 4.97. The molecule has 3 atom stereocenters. The molecule has 5 N–H and O–H groups in total. The first-order valence-corrected chi connectivity index (χ1v) is 6.43. The average molecular weight is 225 g/mol. The lowest BCUT2D eigenvalue weighted by molar-refractivity contribution is 0.283. The fourth-order valence-corrected chi connectivity index (χ4v) is 2.48. The van der Waals surface area contributed by atoms with E-state index in [-0.39, 0.29) is 18.4 Å². The van der Waals surface area contributed by atoms with Gasteiger partial charge in [0.1, 0.15) is 0 Å². The van der Waals surface area contributed by atoms with Crippen LogP contribution in [0, 0.1) is 0 Å². The van der Waals surface area contributed by atoms with Gasteiger partial charge in [-0.25, -0.2) is 0 Å². The van der Waals surface area contributed by atoms with Crippen LogP contribution in [0.15, 0.2) is 10.2 Å². The quantitative estimate of drug-likeness (QED) is 0.615. The molecule has 1 saturated heterocycles. The van der Waals surface area contributed by atoms with E-state index in [0.717, 1.165) is 12.8 Å². The predicted octanol–water partition coefficient (Wildman–Crippen LogP) is 1.09. The van der Waals surface area contributed by atoms with Crippen LogP contribution in [-0.2, 0) is 0 Å². The highest BCUT2D eigenvalue weighted by Gasteiger charge is 2.25. The minimum absolute atomic E-state index is 0.0242. The number of piperidine rings is 1. The van der Waals surface area contributed by atoms with Crippen molar-refractivity contribution in [3.63, 3.8) is 0 Å². The molecule has 2 rings (SSSR count). The topological polar surface area (TPSA) is 88.8 Å². The molecule has 3 unspecified atom stereocenters. The van der Waals surface area contributed by atoms with Gasteiger partial charge >= 0.3 is 0 Å². The largest absolute Gasteiger partial charge is 0.316 e. The Hall–Kier alpha value is -0.520. The van der Waals surface area contributed by atoms with Crippen LogP contribution in [0.4, 0.5) is 0 Å². The van der Waals surface area contributed by atoms with Crippen LogP contribution in [0.5, 0.6) is 0 Å². The van der Waals surface area contributed by atoms with Crippen LogP contribution >= 0.6 is 0 Å². The van der Waals surface area contributed by atoms with E-state index in [0.29, 0.717) is 6.04 Å². The van der Waals surface area contributed by atoms with E-state index in [1.807, 2.05) is 0 Å². The van der Waals surface area contributed by atoms with Crippen molar-refractivity contribution in [2.45, 2.75) is 69.4 Å². The van der Waals surface area contributed by atoms with E-state index in [1.165, 1.54) is 32.1 Å². The van der Waals surface area contributed by atoms with Crippen molar-refractivity contribution < 1.29 is 0 Å². The molecule has 1 aliphatic heterocycles. The van der Waals surface area contributed by atoms with Gasteiger partial charge in [0.05, 0.1) is 24.4 Å². The molecule has 1 aliphatic carbocycles. The molecule has 0 aromatic carbocycles. The minimum atomic E-state index is -0.129. The van der Waals surface area contributed by atoms with Gasteiger partial charge in [0.25, 0.3) is 0 Å². The molecule has 16 heavy (non-hydrogen) atoms. The Morgan fingerprint density at radius 2 is 1.62 bits per heavy atom. The SMILES string of the molecule is NC1CCC(N=NC2CCCCC2)C(N)N1. The summed E-state index contributed by atoms with van der Waals surface area (Å²) in [5.41, 5.74) is 11.7. The molecule has 1 heterocycles. The highest BCUT2D eigenvalue weighted by molar-refractivity contribution is 4.85. The average Bonchev–Trinajstić information content (AvgIpc) is 2.29. The Morgan fingerprint density at radius 3 is 2.31 bits per heavy atom. The molecular formula is C11H23N5. The Balaban J connectivity index is 1.81. The van der Waals surface area contributed by atoms with Crippen molar-refractivity contribution in [2.24, 2.45) is 21.7 Å². The maximum absolute atomic E-state index is 5.94. The second-order valence-electron chi connectivity index (χ2n) is 4.97. The molecule has 5 nitrogen and oxygen atoms in total. The van der Waals surface area contributed by atoms with Crippen LogP contribution < -0.4 is 16.8 Å². The number of nitrogens with two attached hydrogens (primary N) is 2. The summed E-state index contributed by atoms with van der Waals surface area (Å²) in [5, 5.41) is 12.0. The summed E-state index contributed by atoms with van der Waals surface area (Å²) < 4.78 is 0. The van der Waals surface area contributed by atoms with E-state index in [9.17, 15) is 0 Å². The molecule has 0 aromatic rings. The maximum Gasteiger partial charge on any atom is 0.0991 e. The number of hydrogen-bond acceptors (Lipinski definition) is 5. The number of hydrogen-bond donors (Lipinski definition) is 3. The molecule has 0 aromatic heterocycles. The number of azo groups is 1. The first kappa shape index (κ1) is 12.0. The number of nitrogens with zero attached hydrogens (tertiary/aromatic N) is 2. The van der Waals surface area contributed by atoms with Crippen LogP contribution in [0.25, 0.3) is 0 Å². The Kier molecular flexibility index (Phi) is 4.26. The molecule has 92 valence electrons. The van der Waals surface area contributed by atoms with Gasteiger partial charge < -0.3 is 11.5 Å². The lowest BCUT2D eigenvalue weighted by Crippen LogP contribution is -2.57. The summed E-state index contributed by atoms with van der Waals surface area (Å²) >= 11 is 0. The molecule has 0 bridgehead atoms.